The summed E-state index contributed by atoms with van der Waals surface area (Å²) in [5.41, 5.74) is 9.78. The highest BCUT2D eigenvalue weighted by Crippen LogP contribution is 2.48. The summed E-state index contributed by atoms with van der Waals surface area (Å²) in [6.07, 6.45) is 0. The van der Waals surface area contributed by atoms with Crippen molar-refractivity contribution in [1.29, 1.82) is 0 Å². The summed E-state index contributed by atoms with van der Waals surface area (Å²) in [4.78, 5) is 0. The maximum Gasteiger partial charge on any atom is 0.135 e. The summed E-state index contributed by atoms with van der Waals surface area (Å²) in [5.74, 6) is 1.84. The van der Waals surface area contributed by atoms with Crippen LogP contribution in [0.2, 0.25) is 0 Å². The molecule has 0 radical (unpaired) electrons. The van der Waals surface area contributed by atoms with Gasteiger partial charge in [-0.25, -0.2) is 0 Å². The van der Waals surface area contributed by atoms with E-state index in [1.165, 1.54) is 82.0 Å². The minimum atomic E-state index is 0.916. The molecule has 1 aliphatic heterocycles. The first-order chi connectivity index (χ1) is 22.3. The molecule has 45 heavy (non-hydrogen) atoms. The number of hydrogen-bond acceptors (Lipinski definition) is 1. The van der Waals surface area contributed by atoms with Crippen molar-refractivity contribution in [3.8, 4) is 56.0 Å². The van der Waals surface area contributed by atoms with E-state index in [2.05, 4.69) is 146 Å². The van der Waals surface area contributed by atoms with Crippen molar-refractivity contribution in [1.82, 2.24) is 0 Å². The Bertz CT molecular complexity index is 2580. The van der Waals surface area contributed by atoms with E-state index in [0.29, 0.717) is 0 Å². The summed E-state index contributed by atoms with van der Waals surface area (Å²) < 4.78 is 6.33. The molecule has 0 aromatic heterocycles. The van der Waals surface area contributed by atoms with Crippen LogP contribution >= 0.6 is 0 Å². The maximum atomic E-state index is 6.33. The van der Waals surface area contributed by atoms with Crippen LogP contribution in [0, 0.1) is 0 Å². The lowest BCUT2D eigenvalue weighted by Crippen LogP contribution is -1.97. The largest absolute Gasteiger partial charge is 0.456 e. The molecule has 0 saturated heterocycles. The lowest BCUT2D eigenvalue weighted by Gasteiger charge is -2.22. The lowest BCUT2D eigenvalue weighted by molar-refractivity contribution is 0.487. The molecule has 1 heteroatoms. The molecular weight excluding hydrogens is 544 g/mol. The molecule has 10 rings (SSSR count). The quantitative estimate of drug-likeness (QED) is 0.192. The van der Waals surface area contributed by atoms with Crippen molar-refractivity contribution >= 4 is 43.1 Å². The smallest absolute Gasteiger partial charge is 0.135 e. The second kappa shape index (κ2) is 9.29. The van der Waals surface area contributed by atoms with E-state index in [0.717, 1.165) is 17.1 Å². The molecule has 208 valence electrons. The van der Waals surface area contributed by atoms with Gasteiger partial charge in [0.15, 0.2) is 0 Å². The van der Waals surface area contributed by atoms with E-state index >= 15 is 0 Å². The van der Waals surface area contributed by atoms with Gasteiger partial charge >= 0.3 is 0 Å². The maximum absolute atomic E-state index is 6.33. The number of para-hydroxylation sites is 1. The van der Waals surface area contributed by atoms with Crippen LogP contribution in [0.3, 0.4) is 0 Å². The van der Waals surface area contributed by atoms with Gasteiger partial charge in [-0.2, -0.15) is 0 Å². The third-order valence-corrected chi connectivity index (χ3v) is 9.61. The Morgan fingerprint density at radius 3 is 1.76 bits per heavy atom. The molecule has 0 N–H and O–H groups in total. The van der Waals surface area contributed by atoms with E-state index in [9.17, 15) is 0 Å². The molecule has 0 amide bonds. The predicted octanol–water partition coefficient (Wildman–Crippen LogP) is 12.5. The van der Waals surface area contributed by atoms with Gasteiger partial charge in [-0.1, -0.05) is 133 Å². The Morgan fingerprint density at radius 2 is 0.911 bits per heavy atom. The summed E-state index contributed by atoms with van der Waals surface area (Å²) in [5, 5.41) is 10.2. The SMILES string of the molecule is c1ccc(-c2ccc3ccc4cc(-c5ccc(-c6ccc7c8c(cccc68)-c6ccccc6O7)cc5)cc5ccc2c3c45)cc1. The van der Waals surface area contributed by atoms with E-state index < -0.39 is 0 Å². The van der Waals surface area contributed by atoms with Gasteiger partial charge in [-0.05, 0) is 101 Å². The Morgan fingerprint density at radius 1 is 0.289 bits per heavy atom. The third kappa shape index (κ3) is 3.62. The van der Waals surface area contributed by atoms with Crippen LogP contribution < -0.4 is 4.74 Å². The molecule has 1 heterocycles. The van der Waals surface area contributed by atoms with Crippen LogP contribution in [0.4, 0.5) is 0 Å². The highest BCUT2D eigenvalue weighted by atomic mass is 16.5. The number of ether oxygens (including phenoxy) is 1. The molecule has 0 unspecified atom stereocenters. The van der Waals surface area contributed by atoms with Crippen molar-refractivity contribution in [3.63, 3.8) is 0 Å². The fraction of sp³-hybridized carbons (Fsp3) is 0. The minimum absolute atomic E-state index is 0.916. The molecule has 0 fully saturated rings. The first-order valence-electron chi connectivity index (χ1n) is 15.5. The second-order valence-electron chi connectivity index (χ2n) is 12.1. The minimum Gasteiger partial charge on any atom is -0.456 e. The van der Waals surface area contributed by atoms with Crippen molar-refractivity contribution in [2.45, 2.75) is 0 Å². The fourth-order valence-corrected chi connectivity index (χ4v) is 7.53. The molecule has 0 saturated carbocycles. The standard InChI is InChI=1S/C44H26O/c1-2-7-28(8-3-1)34-21-19-30-17-18-31-25-33(26-32-20-22-39(34)43(30)42(31)32)27-13-15-29(16-14-27)35-23-24-41-44-37(35)10-6-11-38(44)36-9-4-5-12-40(36)45-41/h1-26H. The molecule has 9 aromatic rings. The Labute approximate surface area is 260 Å². The van der Waals surface area contributed by atoms with E-state index in [1.54, 1.807) is 0 Å². The predicted molar refractivity (Wildman–Crippen MR) is 189 cm³/mol. The van der Waals surface area contributed by atoms with Gasteiger partial charge in [-0.3, -0.25) is 0 Å². The molecule has 9 aromatic carbocycles. The fourth-order valence-electron chi connectivity index (χ4n) is 7.53. The number of rotatable bonds is 3. The van der Waals surface area contributed by atoms with Crippen LogP contribution in [0.25, 0.3) is 87.6 Å². The zero-order chi connectivity index (χ0) is 29.5. The highest BCUT2D eigenvalue weighted by molar-refractivity contribution is 6.26. The Kier molecular flexibility index (Phi) is 5.06. The Balaban J connectivity index is 1.08. The Hall–Kier alpha value is -5.92. The van der Waals surface area contributed by atoms with E-state index in [1.807, 2.05) is 12.1 Å². The van der Waals surface area contributed by atoms with Gasteiger partial charge < -0.3 is 4.74 Å². The summed E-state index contributed by atoms with van der Waals surface area (Å²) >= 11 is 0. The van der Waals surface area contributed by atoms with Gasteiger partial charge in [0, 0.05) is 10.9 Å². The summed E-state index contributed by atoms with van der Waals surface area (Å²) in [7, 11) is 0. The van der Waals surface area contributed by atoms with Crippen molar-refractivity contribution in [2.24, 2.45) is 0 Å². The van der Waals surface area contributed by atoms with E-state index in [-0.39, 0.29) is 0 Å². The van der Waals surface area contributed by atoms with Gasteiger partial charge in [-0.15, -0.1) is 0 Å². The molecule has 0 spiro atoms. The van der Waals surface area contributed by atoms with Gasteiger partial charge in [0.25, 0.3) is 0 Å². The van der Waals surface area contributed by atoms with Crippen LogP contribution in [-0.4, -0.2) is 0 Å². The van der Waals surface area contributed by atoms with Crippen LogP contribution in [0.5, 0.6) is 11.5 Å². The summed E-state index contributed by atoms with van der Waals surface area (Å²) in [6.45, 7) is 0. The van der Waals surface area contributed by atoms with Crippen molar-refractivity contribution in [2.75, 3.05) is 0 Å². The average Bonchev–Trinajstić information content (AvgIpc) is 3.11. The molecule has 1 aliphatic rings. The van der Waals surface area contributed by atoms with Gasteiger partial charge in [0.05, 0.1) is 0 Å². The molecule has 1 nitrogen and oxygen atoms in total. The number of hydrogen-bond donors (Lipinski definition) is 0. The molecule has 0 bridgehead atoms. The monoisotopic (exact) mass is 570 g/mol. The number of fused-ring (bicyclic) bond motifs is 2. The van der Waals surface area contributed by atoms with Gasteiger partial charge in [0.1, 0.15) is 11.5 Å². The lowest BCUT2D eigenvalue weighted by atomic mass is 9.88. The van der Waals surface area contributed by atoms with Crippen molar-refractivity contribution < 1.29 is 4.74 Å². The van der Waals surface area contributed by atoms with Crippen LogP contribution in [0.1, 0.15) is 0 Å². The van der Waals surface area contributed by atoms with Gasteiger partial charge in [0.2, 0.25) is 0 Å². The summed E-state index contributed by atoms with van der Waals surface area (Å²) in [6, 6.07) is 57.3. The van der Waals surface area contributed by atoms with Crippen LogP contribution in [0.15, 0.2) is 158 Å². The topological polar surface area (TPSA) is 9.23 Å². The molecular formula is C44H26O. The van der Waals surface area contributed by atoms with Crippen LogP contribution in [-0.2, 0) is 0 Å². The molecule has 0 atom stereocenters. The first kappa shape index (κ1) is 24.5. The van der Waals surface area contributed by atoms with E-state index in [4.69, 9.17) is 4.74 Å². The third-order valence-electron chi connectivity index (χ3n) is 9.61. The number of benzene rings is 9. The second-order valence-corrected chi connectivity index (χ2v) is 12.1. The highest BCUT2D eigenvalue weighted by Gasteiger charge is 2.21. The average molecular weight is 571 g/mol. The normalized spacial score (nSPS) is 12.2. The van der Waals surface area contributed by atoms with Crippen molar-refractivity contribution in [3.05, 3.63) is 158 Å². The first-order valence-corrected chi connectivity index (χ1v) is 15.5. The zero-order valence-corrected chi connectivity index (χ0v) is 24.4. The molecule has 0 aliphatic carbocycles. The zero-order valence-electron chi connectivity index (χ0n) is 24.4.